The van der Waals surface area contributed by atoms with Gasteiger partial charge >= 0.3 is 0 Å². The van der Waals surface area contributed by atoms with E-state index in [1.807, 2.05) is 0 Å². The Morgan fingerprint density at radius 2 is 2.00 bits per heavy atom. The highest BCUT2D eigenvalue weighted by molar-refractivity contribution is 5.46. The molecule has 1 saturated carbocycles. The number of hydrogen-bond acceptors (Lipinski definition) is 4. The van der Waals surface area contributed by atoms with Crippen molar-refractivity contribution in [3.63, 3.8) is 0 Å². The van der Waals surface area contributed by atoms with Crippen molar-refractivity contribution in [3.8, 4) is 5.75 Å². The van der Waals surface area contributed by atoms with Gasteiger partial charge in [0.05, 0.1) is 12.7 Å². The lowest BCUT2D eigenvalue weighted by Gasteiger charge is -2.37. The molecular formula is C15H21NO3. The molecule has 0 aliphatic heterocycles. The van der Waals surface area contributed by atoms with Gasteiger partial charge in [0.1, 0.15) is 5.75 Å². The second-order valence-corrected chi connectivity index (χ2v) is 5.67. The summed E-state index contributed by atoms with van der Waals surface area (Å²) >= 11 is 0. The summed E-state index contributed by atoms with van der Waals surface area (Å²) in [7, 11) is 0. The number of aliphatic hydroxyl groups excluding tert-OH is 2. The summed E-state index contributed by atoms with van der Waals surface area (Å²) in [5.41, 5.74) is 2.34. The first-order valence-electron chi connectivity index (χ1n) is 7.09. The molecule has 1 aromatic carbocycles. The summed E-state index contributed by atoms with van der Waals surface area (Å²) in [6.45, 7) is -0.178. The molecule has 0 heterocycles. The van der Waals surface area contributed by atoms with E-state index in [2.05, 4.69) is 5.32 Å². The molecule has 3 rings (SSSR count). The standard InChI is InChI=1S/C15H21NO3/c17-8-12-10-4-6-13(16-9-2-1-3-9)15(19)11(10)5-7-14(12)18/h5,7,9,13,15-19H,1-4,6,8H2/t13-,15-/m0/s1. The van der Waals surface area contributed by atoms with Gasteiger partial charge in [0.2, 0.25) is 0 Å². The third-order valence-corrected chi connectivity index (χ3v) is 4.56. The zero-order chi connectivity index (χ0) is 13.4. The van der Waals surface area contributed by atoms with E-state index >= 15 is 0 Å². The van der Waals surface area contributed by atoms with Crippen LogP contribution < -0.4 is 5.32 Å². The summed E-state index contributed by atoms with van der Waals surface area (Å²) in [4.78, 5) is 0. The molecule has 2 atom stereocenters. The lowest BCUT2D eigenvalue weighted by atomic mass is 9.81. The molecule has 0 radical (unpaired) electrons. The average Bonchev–Trinajstić information content (AvgIpc) is 2.36. The van der Waals surface area contributed by atoms with E-state index in [-0.39, 0.29) is 18.4 Å². The Balaban J connectivity index is 1.84. The maximum atomic E-state index is 10.5. The number of aliphatic hydroxyl groups is 2. The molecule has 0 unspecified atom stereocenters. The Bertz CT molecular complexity index is 471. The highest BCUT2D eigenvalue weighted by Crippen LogP contribution is 2.36. The number of phenols is 1. The van der Waals surface area contributed by atoms with Crippen LogP contribution in [-0.2, 0) is 13.0 Å². The number of rotatable bonds is 3. The Hall–Kier alpha value is -1.10. The monoisotopic (exact) mass is 263 g/mol. The summed E-state index contributed by atoms with van der Waals surface area (Å²) in [5, 5.41) is 33.1. The molecule has 2 aliphatic rings. The minimum Gasteiger partial charge on any atom is -0.508 e. The molecule has 0 amide bonds. The van der Waals surface area contributed by atoms with Gasteiger partial charge in [-0.3, -0.25) is 0 Å². The Labute approximate surface area is 113 Å². The predicted molar refractivity (Wildman–Crippen MR) is 71.9 cm³/mol. The molecule has 2 aliphatic carbocycles. The van der Waals surface area contributed by atoms with Crippen molar-refractivity contribution in [2.75, 3.05) is 0 Å². The van der Waals surface area contributed by atoms with Crippen LogP contribution in [0.25, 0.3) is 0 Å². The number of fused-ring (bicyclic) bond motifs is 1. The first kappa shape index (κ1) is 12.9. The molecule has 0 bridgehead atoms. The maximum Gasteiger partial charge on any atom is 0.121 e. The van der Waals surface area contributed by atoms with E-state index in [1.54, 1.807) is 12.1 Å². The minimum atomic E-state index is -0.546. The second kappa shape index (κ2) is 5.12. The van der Waals surface area contributed by atoms with Crippen molar-refractivity contribution in [1.82, 2.24) is 5.32 Å². The first-order chi connectivity index (χ1) is 9.20. The summed E-state index contributed by atoms with van der Waals surface area (Å²) in [5.74, 6) is 0.124. The lowest BCUT2D eigenvalue weighted by Crippen LogP contribution is -2.47. The van der Waals surface area contributed by atoms with Crippen LogP contribution >= 0.6 is 0 Å². The molecule has 4 nitrogen and oxygen atoms in total. The zero-order valence-electron chi connectivity index (χ0n) is 11.0. The highest BCUT2D eigenvalue weighted by atomic mass is 16.3. The second-order valence-electron chi connectivity index (χ2n) is 5.67. The van der Waals surface area contributed by atoms with Crippen molar-refractivity contribution < 1.29 is 15.3 Å². The van der Waals surface area contributed by atoms with Crippen LogP contribution in [0.5, 0.6) is 5.75 Å². The average molecular weight is 263 g/mol. The van der Waals surface area contributed by atoms with Gasteiger partial charge in [-0.05, 0) is 42.9 Å². The zero-order valence-corrected chi connectivity index (χ0v) is 11.0. The largest absolute Gasteiger partial charge is 0.508 e. The van der Waals surface area contributed by atoms with Crippen molar-refractivity contribution >= 4 is 0 Å². The van der Waals surface area contributed by atoms with Crippen LogP contribution in [0.1, 0.15) is 48.5 Å². The van der Waals surface area contributed by atoms with Gasteiger partial charge < -0.3 is 20.6 Å². The minimum absolute atomic E-state index is 0.0916. The van der Waals surface area contributed by atoms with Crippen LogP contribution in [0.3, 0.4) is 0 Å². The van der Waals surface area contributed by atoms with E-state index < -0.39 is 6.10 Å². The Morgan fingerprint density at radius 3 is 2.63 bits per heavy atom. The van der Waals surface area contributed by atoms with Gasteiger partial charge in [0.25, 0.3) is 0 Å². The van der Waals surface area contributed by atoms with E-state index in [0.717, 1.165) is 24.0 Å². The van der Waals surface area contributed by atoms with Crippen LogP contribution in [0.4, 0.5) is 0 Å². The van der Waals surface area contributed by atoms with Crippen molar-refractivity contribution in [2.24, 2.45) is 0 Å². The van der Waals surface area contributed by atoms with Gasteiger partial charge in [-0.25, -0.2) is 0 Å². The van der Waals surface area contributed by atoms with Crippen molar-refractivity contribution in [3.05, 3.63) is 28.8 Å². The summed E-state index contributed by atoms with van der Waals surface area (Å²) in [6.07, 6.45) is 4.78. The first-order valence-corrected chi connectivity index (χ1v) is 7.09. The van der Waals surface area contributed by atoms with Crippen molar-refractivity contribution in [1.29, 1.82) is 0 Å². The highest BCUT2D eigenvalue weighted by Gasteiger charge is 2.32. The number of nitrogens with one attached hydrogen (secondary N) is 1. The molecule has 104 valence electrons. The maximum absolute atomic E-state index is 10.5. The van der Waals surface area contributed by atoms with Gasteiger partial charge in [0.15, 0.2) is 0 Å². The van der Waals surface area contributed by atoms with E-state index in [1.165, 1.54) is 19.3 Å². The fraction of sp³-hybridized carbons (Fsp3) is 0.600. The Morgan fingerprint density at radius 1 is 1.21 bits per heavy atom. The summed E-state index contributed by atoms with van der Waals surface area (Å²) < 4.78 is 0. The van der Waals surface area contributed by atoms with E-state index in [0.29, 0.717) is 11.6 Å². The predicted octanol–water partition coefficient (Wildman–Crippen LogP) is 1.37. The fourth-order valence-electron chi connectivity index (χ4n) is 3.17. The molecular weight excluding hydrogens is 242 g/mol. The molecule has 0 spiro atoms. The van der Waals surface area contributed by atoms with Crippen molar-refractivity contribution in [2.45, 2.75) is 56.9 Å². The molecule has 0 aromatic heterocycles. The van der Waals surface area contributed by atoms with Gasteiger partial charge in [-0.15, -0.1) is 0 Å². The molecule has 1 aromatic rings. The lowest BCUT2D eigenvalue weighted by molar-refractivity contribution is 0.0985. The summed E-state index contributed by atoms with van der Waals surface area (Å²) in [6, 6.07) is 3.99. The fourth-order valence-corrected chi connectivity index (χ4v) is 3.17. The smallest absolute Gasteiger partial charge is 0.121 e. The van der Waals surface area contributed by atoms with Crippen LogP contribution in [0.2, 0.25) is 0 Å². The SMILES string of the molecule is OCc1c(O)ccc2c1CC[C@H](NC1CCC1)[C@H]2O. The Kier molecular flexibility index (Phi) is 3.48. The molecule has 4 N–H and O–H groups in total. The third kappa shape index (κ3) is 2.24. The normalized spacial score (nSPS) is 26.8. The molecule has 19 heavy (non-hydrogen) atoms. The molecule has 4 heteroatoms. The third-order valence-electron chi connectivity index (χ3n) is 4.56. The number of hydrogen-bond donors (Lipinski definition) is 4. The number of benzene rings is 1. The van der Waals surface area contributed by atoms with Gasteiger partial charge in [-0.2, -0.15) is 0 Å². The van der Waals surface area contributed by atoms with Gasteiger partial charge in [-0.1, -0.05) is 12.5 Å². The van der Waals surface area contributed by atoms with Crippen LogP contribution in [0.15, 0.2) is 12.1 Å². The molecule has 1 fully saturated rings. The van der Waals surface area contributed by atoms with Crippen LogP contribution in [-0.4, -0.2) is 27.4 Å². The molecule has 0 saturated heterocycles. The number of aromatic hydroxyl groups is 1. The van der Waals surface area contributed by atoms with E-state index in [4.69, 9.17) is 0 Å². The van der Waals surface area contributed by atoms with Gasteiger partial charge in [0, 0.05) is 17.6 Å². The van der Waals surface area contributed by atoms with Crippen LogP contribution in [0, 0.1) is 0 Å². The van der Waals surface area contributed by atoms with E-state index in [9.17, 15) is 15.3 Å². The topological polar surface area (TPSA) is 72.7 Å². The quantitative estimate of drug-likeness (QED) is 0.665.